The maximum absolute atomic E-state index is 12.5. The van der Waals surface area contributed by atoms with Gasteiger partial charge in [0.05, 0.1) is 6.04 Å². The lowest BCUT2D eigenvalue weighted by Gasteiger charge is -2.21. The van der Waals surface area contributed by atoms with Gasteiger partial charge in [-0.1, -0.05) is 12.8 Å². The Labute approximate surface area is 119 Å². The zero-order valence-corrected chi connectivity index (χ0v) is 11.9. The molecule has 1 aliphatic carbocycles. The number of carbonyl (C=O) groups excluding carboxylic acids is 1. The molecule has 1 N–H and O–H groups in total. The van der Waals surface area contributed by atoms with E-state index in [2.05, 4.69) is 5.32 Å². The predicted octanol–water partition coefficient (Wildman–Crippen LogP) is 2.56. The summed E-state index contributed by atoms with van der Waals surface area (Å²) in [6.45, 7) is 3.05. The Balaban J connectivity index is 1.69. The standard InChI is InChI=1S/C16H21NO3/c1-11(17-13-4-2-3-5-13)16(18)12-6-7-14-15(10-12)20-9-8-19-14/h6-7,10-11,13,17H,2-5,8-9H2,1H3. The van der Waals surface area contributed by atoms with Crippen molar-refractivity contribution in [2.75, 3.05) is 13.2 Å². The number of rotatable bonds is 4. The molecular weight excluding hydrogens is 254 g/mol. The van der Waals surface area contributed by atoms with Gasteiger partial charge in [-0.3, -0.25) is 4.79 Å². The fraction of sp³-hybridized carbons (Fsp3) is 0.562. The van der Waals surface area contributed by atoms with Crippen LogP contribution in [0.15, 0.2) is 18.2 Å². The molecular formula is C16H21NO3. The summed E-state index contributed by atoms with van der Waals surface area (Å²) in [7, 11) is 0. The van der Waals surface area contributed by atoms with Gasteiger partial charge in [0, 0.05) is 11.6 Å². The first-order chi connectivity index (χ1) is 9.74. The van der Waals surface area contributed by atoms with Crippen molar-refractivity contribution in [2.45, 2.75) is 44.7 Å². The Kier molecular flexibility index (Phi) is 3.92. The van der Waals surface area contributed by atoms with Crippen LogP contribution in [0.25, 0.3) is 0 Å². The topological polar surface area (TPSA) is 47.6 Å². The van der Waals surface area contributed by atoms with Crippen LogP contribution < -0.4 is 14.8 Å². The molecule has 1 atom stereocenters. The molecule has 1 heterocycles. The molecule has 1 fully saturated rings. The van der Waals surface area contributed by atoms with E-state index in [9.17, 15) is 4.79 Å². The third kappa shape index (κ3) is 2.80. The molecule has 1 unspecified atom stereocenters. The lowest BCUT2D eigenvalue weighted by Crippen LogP contribution is -2.40. The van der Waals surface area contributed by atoms with Crippen molar-refractivity contribution in [1.29, 1.82) is 0 Å². The number of fused-ring (bicyclic) bond motifs is 1. The zero-order chi connectivity index (χ0) is 13.9. The Morgan fingerprint density at radius 2 is 1.90 bits per heavy atom. The van der Waals surface area contributed by atoms with E-state index in [1.807, 2.05) is 19.1 Å². The molecule has 4 nitrogen and oxygen atoms in total. The monoisotopic (exact) mass is 275 g/mol. The van der Waals surface area contributed by atoms with E-state index in [0.29, 0.717) is 30.6 Å². The molecule has 3 rings (SSSR count). The molecule has 0 radical (unpaired) electrons. The second kappa shape index (κ2) is 5.83. The van der Waals surface area contributed by atoms with Crippen LogP contribution in [0, 0.1) is 0 Å². The van der Waals surface area contributed by atoms with Crippen molar-refractivity contribution in [2.24, 2.45) is 0 Å². The summed E-state index contributed by atoms with van der Waals surface area (Å²) in [6, 6.07) is 5.78. The van der Waals surface area contributed by atoms with Crippen molar-refractivity contribution in [3.8, 4) is 11.5 Å². The second-order valence-electron chi connectivity index (χ2n) is 5.59. The van der Waals surface area contributed by atoms with Crippen LogP contribution in [0.3, 0.4) is 0 Å². The van der Waals surface area contributed by atoms with E-state index in [1.54, 1.807) is 6.07 Å². The summed E-state index contributed by atoms with van der Waals surface area (Å²) >= 11 is 0. The summed E-state index contributed by atoms with van der Waals surface area (Å²) in [5.74, 6) is 1.52. The summed E-state index contributed by atoms with van der Waals surface area (Å²) < 4.78 is 11.0. The highest BCUT2D eigenvalue weighted by Gasteiger charge is 2.23. The van der Waals surface area contributed by atoms with Gasteiger partial charge in [-0.2, -0.15) is 0 Å². The van der Waals surface area contributed by atoms with Gasteiger partial charge in [0.15, 0.2) is 17.3 Å². The zero-order valence-electron chi connectivity index (χ0n) is 11.9. The number of hydrogen-bond donors (Lipinski definition) is 1. The number of nitrogens with one attached hydrogen (secondary N) is 1. The van der Waals surface area contributed by atoms with Crippen LogP contribution in [0.4, 0.5) is 0 Å². The Morgan fingerprint density at radius 3 is 2.65 bits per heavy atom. The normalized spacial score (nSPS) is 19.9. The van der Waals surface area contributed by atoms with Crippen molar-refractivity contribution in [3.63, 3.8) is 0 Å². The minimum Gasteiger partial charge on any atom is -0.486 e. The number of Topliss-reactive ketones (excluding diaryl/α,β-unsaturated/α-hetero) is 1. The maximum Gasteiger partial charge on any atom is 0.179 e. The summed E-state index contributed by atoms with van der Waals surface area (Å²) in [5.41, 5.74) is 0.687. The molecule has 1 aliphatic heterocycles. The number of ketones is 1. The maximum atomic E-state index is 12.5. The minimum atomic E-state index is -0.152. The van der Waals surface area contributed by atoms with Gasteiger partial charge in [-0.15, -0.1) is 0 Å². The lowest BCUT2D eigenvalue weighted by atomic mass is 10.0. The molecule has 0 spiro atoms. The highest BCUT2D eigenvalue weighted by Crippen LogP contribution is 2.31. The van der Waals surface area contributed by atoms with Crippen LogP contribution in [0.1, 0.15) is 43.0 Å². The number of benzene rings is 1. The fourth-order valence-electron chi connectivity index (χ4n) is 2.97. The molecule has 1 aromatic rings. The molecule has 0 saturated heterocycles. The largest absolute Gasteiger partial charge is 0.486 e. The Morgan fingerprint density at radius 1 is 1.20 bits per heavy atom. The van der Waals surface area contributed by atoms with Crippen LogP contribution in [-0.4, -0.2) is 31.1 Å². The van der Waals surface area contributed by atoms with Gasteiger partial charge >= 0.3 is 0 Å². The van der Waals surface area contributed by atoms with Crippen molar-refractivity contribution in [3.05, 3.63) is 23.8 Å². The third-order valence-corrected chi connectivity index (χ3v) is 4.06. The summed E-state index contributed by atoms with van der Waals surface area (Å²) in [6.07, 6.45) is 4.89. The van der Waals surface area contributed by atoms with E-state index in [0.717, 1.165) is 5.75 Å². The van der Waals surface area contributed by atoms with Crippen LogP contribution in [0.2, 0.25) is 0 Å². The Bertz CT molecular complexity index is 494. The van der Waals surface area contributed by atoms with Crippen molar-refractivity contribution < 1.29 is 14.3 Å². The van der Waals surface area contributed by atoms with Crippen LogP contribution in [-0.2, 0) is 0 Å². The highest BCUT2D eigenvalue weighted by atomic mass is 16.6. The number of carbonyl (C=O) groups is 1. The first-order valence-electron chi connectivity index (χ1n) is 7.44. The second-order valence-corrected chi connectivity index (χ2v) is 5.59. The van der Waals surface area contributed by atoms with Gasteiger partial charge in [-0.05, 0) is 38.0 Å². The minimum absolute atomic E-state index is 0.119. The number of ether oxygens (including phenoxy) is 2. The molecule has 20 heavy (non-hydrogen) atoms. The van der Waals surface area contributed by atoms with Crippen molar-refractivity contribution in [1.82, 2.24) is 5.32 Å². The SMILES string of the molecule is CC(NC1CCCC1)C(=O)c1ccc2c(c1)OCCO2. The Hall–Kier alpha value is -1.55. The van der Waals surface area contributed by atoms with Gasteiger partial charge in [0.1, 0.15) is 13.2 Å². The third-order valence-electron chi connectivity index (χ3n) is 4.06. The molecule has 4 heteroatoms. The van der Waals surface area contributed by atoms with Gasteiger partial charge in [0.25, 0.3) is 0 Å². The summed E-state index contributed by atoms with van der Waals surface area (Å²) in [4.78, 5) is 12.5. The van der Waals surface area contributed by atoms with E-state index < -0.39 is 0 Å². The molecule has 2 aliphatic rings. The molecule has 0 bridgehead atoms. The first-order valence-corrected chi connectivity index (χ1v) is 7.44. The molecule has 108 valence electrons. The smallest absolute Gasteiger partial charge is 0.179 e. The van der Waals surface area contributed by atoms with Gasteiger partial charge in [-0.25, -0.2) is 0 Å². The molecule has 0 aromatic heterocycles. The highest BCUT2D eigenvalue weighted by molar-refractivity contribution is 6.00. The van der Waals surface area contributed by atoms with E-state index in [-0.39, 0.29) is 11.8 Å². The lowest BCUT2D eigenvalue weighted by molar-refractivity contribution is 0.0943. The predicted molar refractivity (Wildman–Crippen MR) is 76.6 cm³/mol. The molecule has 1 aromatic carbocycles. The van der Waals surface area contributed by atoms with E-state index >= 15 is 0 Å². The van der Waals surface area contributed by atoms with Crippen molar-refractivity contribution >= 4 is 5.78 Å². The average molecular weight is 275 g/mol. The molecule has 1 saturated carbocycles. The number of hydrogen-bond acceptors (Lipinski definition) is 4. The summed E-state index contributed by atoms with van der Waals surface area (Å²) in [5, 5.41) is 3.44. The van der Waals surface area contributed by atoms with Gasteiger partial charge < -0.3 is 14.8 Å². The fourth-order valence-corrected chi connectivity index (χ4v) is 2.97. The van der Waals surface area contributed by atoms with E-state index in [1.165, 1.54) is 25.7 Å². The first kappa shape index (κ1) is 13.4. The average Bonchev–Trinajstić information content (AvgIpc) is 2.99. The van der Waals surface area contributed by atoms with Gasteiger partial charge in [0.2, 0.25) is 0 Å². The van der Waals surface area contributed by atoms with Crippen LogP contribution in [0.5, 0.6) is 11.5 Å². The molecule has 0 amide bonds. The van der Waals surface area contributed by atoms with Crippen LogP contribution >= 0.6 is 0 Å². The van der Waals surface area contributed by atoms with E-state index in [4.69, 9.17) is 9.47 Å². The quantitative estimate of drug-likeness (QED) is 0.858.